The van der Waals surface area contributed by atoms with Gasteiger partial charge in [0.15, 0.2) is 0 Å². The molecule has 1 aliphatic carbocycles. The van der Waals surface area contributed by atoms with Gasteiger partial charge in [0.2, 0.25) is 11.1 Å². The highest BCUT2D eigenvalue weighted by Crippen LogP contribution is 2.47. The van der Waals surface area contributed by atoms with E-state index in [1.807, 2.05) is 35.2 Å². The summed E-state index contributed by atoms with van der Waals surface area (Å²) in [6, 6.07) is 7.55. The number of benzene rings is 1. The van der Waals surface area contributed by atoms with E-state index in [2.05, 4.69) is 35.3 Å². The van der Waals surface area contributed by atoms with Gasteiger partial charge in [-0.1, -0.05) is 49.9 Å². The Bertz CT molecular complexity index is 903. The summed E-state index contributed by atoms with van der Waals surface area (Å²) >= 11 is 1.48. The van der Waals surface area contributed by atoms with Gasteiger partial charge in [0.1, 0.15) is 11.5 Å². The fourth-order valence-electron chi connectivity index (χ4n) is 3.92. The van der Waals surface area contributed by atoms with Crippen molar-refractivity contribution in [3.8, 4) is 5.75 Å². The van der Waals surface area contributed by atoms with Gasteiger partial charge in [-0.05, 0) is 17.7 Å². The first-order chi connectivity index (χ1) is 12.4. The van der Waals surface area contributed by atoms with Gasteiger partial charge in [0, 0.05) is 17.7 Å². The van der Waals surface area contributed by atoms with Crippen LogP contribution in [0.25, 0.3) is 0 Å². The number of aromatic nitrogens is 3. The van der Waals surface area contributed by atoms with Gasteiger partial charge in [-0.3, -0.25) is 4.79 Å². The molecule has 1 aromatic heterocycles. The third kappa shape index (κ3) is 2.70. The fraction of sp³-hybridized carbons (Fsp3) is 0.421. The number of nitrogens with zero attached hydrogens (tertiary/aromatic N) is 3. The Morgan fingerprint density at radius 2 is 2.12 bits per heavy atom. The molecular formula is C19H22N4O2S. The minimum absolute atomic E-state index is 0.175. The Balaban J connectivity index is 1.94. The zero-order valence-electron chi connectivity index (χ0n) is 15.3. The van der Waals surface area contributed by atoms with Gasteiger partial charge in [-0.15, -0.1) is 5.10 Å². The Labute approximate surface area is 157 Å². The highest BCUT2D eigenvalue weighted by atomic mass is 32.2. The van der Waals surface area contributed by atoms with Gasteiger partial charge in [-0.25, -0.2) is 4.68 Å². The van der Waals surface area contributed by atoms with E-state index in [1.54, 1.807) is 7.11 Å². The standard InChI is InChI=1S/C19H22N4O2S/c1-19(2)9-12-15(13(24)10-19)16(11-7-5-6-8-14(11)25-3)23-17(20-12)21-18(22-23)26-4/h5-9,15-16H,10H2,1-4H3,(H,20,21,22)/t15-,16-/m1/s1. The molecule has 0 saturated carbocycles. The lowest BCUT2D eigenvalue weighted by Gasteiger charge is -2.40. The van der Waals surface area contributed by atoms with Crippen molar-refractivity contribution in [3.05, 3.63) is 41.6 Å². The maximum absolute atomic E-state index is 13.1. The zero-order valence-corrected chi connectivity index (χ0v) is 16.1. The van der Waals surface area contributed by atoms with Crippen LogP contribution in [0.5, 0.6) is 5.75 Å². The van der Waals surface area contributed by atoms with Crippen LogP contribution in [0, 0.1) is 11.3 Å². The number of rotatable bonds is 3. The maximum Gasteiger partial charge on any atom is 0.227 e. The van der Waals surface area contributed by atoms with Crippen LogP contribution in [0.2, 0.25) is 0 Å². The first kappa shape index (κ1) is 17.1. The lowest BCUT2D eigenvalue weighted by Crippen LogP contribution is -2.42. The molecule has 26 heavy (non-hydrogen) atoms. The average Bonchev–Trinajstić information content (AvgIpc) is 3.01. The van der Waals surface area contributed by atoms with Crippen molar-refractivity contribution in [2.24, 2.45) is 11.3 Å². The molecule has 0 radical (unpaired) electrons. The molecule has 1 N–H and O–H groups in total. The van der Waals surface area contributed by atoms with Crippen molar-refractivity contribution in [1.82, 2.24) is 14.8 Å². The second kappa shape index (κ2) is 6.16. The molecule has 2 atom stereocenters. The van der Waals surface area contributed by atoms with Crippen molar-refractivity contribution in [3.63, 3.8) is 0 Å². The van der Waals surface area contributed by atoms with Crippen LogP contribution in [-0.2, 0) is 4.79 Å². The van der Waals surface area contributed by atoms with E-state index in [1.165, 1.54) is 11.8 Å². The number of carbonyl (C=O) groups is 1. The highest BCUT2D eigenvalue weighted by Gasteiger charge is 2.45. The molecule has 6 nitrogen and oxygen atoms in total. The van der Waals surface area contributed by atoms with Gasteiger partial charge in [-0.2, -0.15) is 4.98 Å². The molecule has 0 amide bonds. The molecule has 2 aliphatic rings. The average molecular weight is 370 g/mol. The van der Waals surface area contributed by atoms with Crippen molar-refractivity contribution in [2.75, 3.05) is 18.7 Å². The summed E-state index contributed by atoms with van der Waals surface area (Å²) in [4.78, 5) is 17.7. The summed E-state index contributed by atoms with van der Waals surface area (Å²) in [6.07, 6.45) is 4.62. The predicted molar refractivity (Wildman–Crippen MR) is 102 cm³/mol. The van der Waals surface area contributed by atoms with E-state index >= 15 is 0 Å². The lowest BCUT2D eigenvalue weighted by molar-refractivity contribution is -0.125. The Kier molecular flexibility index (Phi) is 4.06. The third-order valence-electron chi connectivity index (χ3n) is 4.95. The van der Waals surface area contributed by atoms with Crippen molar-refractivity contribution >= 4 is 23.5 Å². The summed E-state index contributed by atoms with van der Waals surface area (Å²) in [6.45, 7) is 4.17. The van der Waals surface area contributed by atoms with Crippen molar-refractivity contribution in [2.45, 2.75) is 31.5 Å². The Morgan fingerprint density at radius 1 is 1.35 bits per heavy atom. The minimum Gasteiger partial charge on any atom is -0.496 e. The molecule has 7 heteroatoms. The van der Waals surface area contributed by atoms with E-state index in [0.717, 1.165) is 17.0 Å². The number of methoxy groups -OCH3 is 1. The van der Waals surface area contributed by atoms with Crippen LogP contribution in [-0.4, -0.2) is 33.9 Å². The van der Waals surface area contributed by atoms with Crippen LogP contribution in [0.15, 0.2) is 41.2 Å². The molecule has 136 valence electrons. The number of thioether (sulfide) groups is 1. The minimum atomic E-state index is -0.316. The van der Waals surface area contributed by atoms with E-state index in [0.29, 0.717) is 17.5 Å². The Morgan fingerprint density at radius 3 is 2.85 bits per heavy atom. The molecular weight excluding hydrogens is 348 g/mol. The highest BCUT2D eigenvalue weighted by molar-refractivity contribution is 7.98. The Hall–Kier alpha value is -2.28. The lowest BCUT2D eigenvalue weighted by atomic mass is 9.72. The van der Waals surface area contributed by atoms with E-state index in [9.17, 15) is 4.79 Å². The number of hydrogen-bond donors (Lipinski definition) is 1. The van der Waals surface area contributed by atoms with Crippen LogP contribution < -0.4 is 10.1 Å². The summed E-state index contributed by atoms with van der Waals surface area (Å²) in [5.41, 5.74) is 1.68. The number of Topliss-reactive ketones (excluding diaryl/α,β-unsaturated/α-hetero) is 1. The van der Waals surface area contributed by atoms with Gasteiger partial charge >= 0.3 is 0 Å². The second-order valence-corrected chi connectivity index (χ2v) is 8.16. The molecule has 0 unspecified atom stereocenters. The van der Waals surface area contributed by atoms with Crippen LogP contribution in [0.3, 0.4) is 0 Å². The van der Waals surface area contributed by atoms with Gasteiger partial charge in [0.05, 0.1) is 19.1 Å². The van der Waals surface area contributed by atoms with E-state index in [4.69, 9.17) is 4.74 Å². The van der Waals surface area contributed by atoms with E-state index < -0.39 is 0 Å². The van der Waals surface area contributed by atoms with E-state index in [-0.39, 0.29) is 23.2 Å². The first-order valence-electron chi connectivity index (χ1n) is 8.59. The second-order valence-electron chi connectivity index (χ2n) is 7.39. The molecule has 0 fully saturated rings. The molecule has 2 heterocycles. The molecule has 0 spiro atoms. The summed E-state index contributed by atoms with van der Waals surface area (Å²) in [7, 11) is 1.65. The fourth-order valence-corrected chi connectivity index (χ4v) is 4.26. The largest absolute Gasteiger partial charge is 0.496 e. The molecule has 0 bridgehead atoms. The van der Waals surface area contributed by atoms with Gasteiger partial charge in [0.25, 0.3) is 0 Å². The number of fused-ring (bicyclic) bond motifs is 2. The number of carbonyl (C=O) groups excluding carboxylic acids is 1. The van der Waals surface area contributed by atoms with Gasteiger partial charge < -0.3 is 10.1 Å². The molecule has 1 aromatic carbocycles. The number of ether oxygens (including phenoxy) is 1. The smallest absolute Gasteiger partial charge is 0.227 e. The number of nitrogens with one attached hydrogen (secondary N) is 1. The van der Waals surface area contributed by atoms with Crippen LogP contribution >= 0.6 is 11.8 Å². The van der Waals surface area contributed by atoms with Crippen molar-refractivity contribution in [1.29, 1.82) is 0 Å². The number of ketones is 1. The van der Waals surface area contributed by atoms with Crippen LogP contribution in [0.1, 0.15) is 31.9 Å². The summed E-state index contributed by atoms with van der Waals surface area (Å²) < 4.78 is 7.42. The predicted octanol–water partition coefficient (Wildman–Crippen LogP) is 3.52. The topological polar surface area (TPSA) is 69.0 Å². The molecule has 2 aromatic rings. The number of para-hydroxylation sites is 1. The monoisotopic (exact) mass is 370 g/mol. The normalized spacial score (nSPS) is 23.5. The first-order valence-corrected chi connectivity index (χ1v) is 9.82. The molecule has 1 aliphatic heterocycles. The third-order valence-corrected chi connectivity index (χ3v) is 5.48. The number of anilines is 1. The van der Waals surface area contributed by atoms with Crippen molar-refractivity contribution < 1.29 is 9.53 Å². The summed E-state index contributed by atoms with van der Waals surface area (Å²) in [5, 5.41) is 8.67. The number of allylic oxidation sites excluding steroid dienone is 2. The zero-order chi connectivity index (χ0) is 18.5. The quantitative estimate of drug-likeness (QED) is 0.834. The van der Waals surface area contributed by atoms with Crippen LogP contribution in [0.4, 0.5) is 5.95 Å². The number of hydrogen-bond acceptors (Lipinski definition) is 6. The molecule has 0 saturated heterocycles. The molecule has 4 rings (SSSR count). The maximum atomic E-state index is 13.1. The summed E-state index contributed by atoms with van der Waals surface area (Å²) in [5.74, 6) is 1.31. The SMILES string of the molecule is COc1ccccc1[C@@H]1[C@H]2C(=O)CC(C)(C)C=C2Nc2nc(SC)nn21.